The molecule has 168 valence electrons. The Morgan fingerprint density at radius 1 is 1.12 bits per heavy atom. The maximum Gasteiger partial charge on any atom is 0.345 e. The van der Waals surface area contributed by atoms with Gasteiger partial charge in [-0.15, -0.1) is 0 Å². The minimum atomic E-state index is -0.465. The highest BCUT2D eigenvalue weighted by Gasteiger charge is 2.40. The van der Waals surface area contributed by atoms with Crippen LogP contribution < -0.4 is 4.74 Å². The van der Waals surface area contributed by atoms with Gasteiger partial charge >= 0.3 is 5.97 Å². The summed E-state index contributed by atoms with van der Waals surface area (Å²) in [5, 5.41) is 10.5. The van der Waals surface area contributed by atoms with Crippen molar-refractivity contribution in [1.82, 2.24) is 4.90 Å². The Labute approximate surface area is 188 Å². The molecule has 0 radical (unpaired) electrons. The quantitative estimate of drug-likeness (QED) is 0.311. The molecule has 0 unspecified atom stereocenters. The number of ether oxygens (including phenoxy) is 3. The monoisotopic (exact) mass is 437 g/mol. The summed E-state index contributed by atoms with van der Waals surface area (Å²) in [6, 6.07) is 15.4. The summed E-state index contributed by atoms with van der Waals surface area (Å²) < 4.78 is 17.7. The van der Waals surface area contributed by atoms with Crippen molar-refractivity contribution >= 4 is 17.3 Å². The molecule has 1 aliphatic carbocycles. The van der Waals surface area contributed by atoms with Crippen LogP contribution in [0.5, 0.6) is 5.75 Å². The number of benzene rings is 2. The second kappa shape index (κ2) is 9.97. The van der Waals surface area contributed by atoms with Crippen LogP contribution in [0.1, 0.15) is 23.6 Å². The van der Waals surface area contributed by atoms with E-state index in [2.05, 4.69) is 4.90 Å². The molecule has 0 saturated carbocycles. The van der Waals surface area contributed by atoms with Gasteiger partial charge in [-0.2, -0.15) is 0 Å². The Morgan fingerprint density at radius 3 is 2.56 bits per heavy atom. The minimum Gasteiger partial charge on any atom is -0.492 e. The highest BCUT2D eigenvalue weighted by Crippen LogP contribution is 2.39. The number of morpholine rings is 1. The van der Waals surface area contributed by atoms with E-state index in [0.717, 1.165) is 59.9 Å². The number of hydrogen-bond acceptors (Lipinski definition) is 6. The van der Waals surface area contributed by atoms with Gasteiger partial charge in [0.15, 0.2) is 7.05 Å². The van der Waals surface area contributed by atoms with Crippen LogP contribution in [0.2, 0.25) is 0 Å². The average molecular weight is 438 g/mol. The van der Waals surface area contributed by atoms with Gasteiger partial charge in [-0.1, -0.05) is 30.3 Å². The number of rotatable bonds is 7. The van der Waals surface area contributed by atoms with Crippen LogP contribution in [-0.2, 0) is 14.3 Å². The fraction of sp³-hybridized carbons (Fsp3) is 0.360. The van der Waals surface area contributed by atoms with E-state index in [-0.39, 0.29) is 6.61 Å². The summed E-state index contributed by atoms with van der Waals surface area (Å²) in [6.07, 6.45) is 0. The lowest BCUT2D eigenvalue weighted by Gasteiger charge is -2.26. The third kappa shape index (κ3) is 4.54. The lowest BCUT2D eigenvalue weighted by atomic mass is 9.97. The highest BCUT2D eigenvalue weighted by atomic mass is 16.5. The molecule has 1 fully saturated rings. The van der Waals surface area contributed by atoms with E-state index >= 15 is 0 Å². The summed E-state index contributed by atoms with van der Waals surface area (Å²) in [5.74, 6) is 0.224. The van der Waals surface area contributed by atoms with Crippen LogP contribution in [0.25, 0.3) is 5.57 Å². The van der Waals surface area contributed by atoms with Crippen LogP contribution in [-0.4, -0.2) is 79.6 Å². The first-order chi connectivity index (χ1) is 15.6. The van der Waals surface area contributed by atoms with E-state index in [9.17, 15) is 10.0 Å². The third-order valence-electron chi connectivity index (χ3n) is 5.65. The molecule has 0 amide bonds. The van der Waals surface area contributed by atoms with Crippen LogP contribution in [0.15, 0.2) is 54.1 Å². The maximum atomic E-state index is 13.0. The second-order valence-corrected chi connectivity index (χ2v) is 7.72. The summed E-state index contributed by atoms with van der Waals surface area (Å²) >= 11 is 0. The number of hydrogen-bond donors (Lipinski definition) is 1. The molecule has 4 rings (SSSR count). The Kier molecular flexibility index (Phi) is 6.87. The largest absolute Gasteiger partial charge is 0.492 e. The second-order valence-electron chi connectivity index (χ2n) is 7.72. The lowest BCUT2D eigenvalue weighted by Crippen LogP contribution is -2.38. The summed E-state index contributed by atoms with van der Waals surface area (Å²) in [6.45, 7) is 6.72. The SMILES string of the molecule is CCOC(=O)C1=C(c2ccccc2)c2ccc(OCCN3CCOCC3)cc2C1=[N+](C)O. The predicted molar refractivity (Wildman–Crippen MR) is 120 cm³/mol. The van der Waals surface area contributed by atoms with E-state index in [1.165, 1.54) is 7.05 Å². The third-order valence-corrected chi connectivity index (χ3v) is 5.65. The topological polar surface area (TPSA) is 71.2 Å². The minimum absolute atomic E-state index is 0.249. The molecule has 1 saturated heterocycles. The number of hydroxylamine groups is 1. The molecule has 0 bridgehead atoms. The molecule has 2 aromatic rings. The lowest BCUT2D eigenvalue weighted by molar-refractivity contribution is -0.753. The van der Waals surface area contributed by atoms with Crippen molar-refractivity contribution in [2.45, 2.75) is 6.92 Å². The Morgan fingerprint density at radius 2 is 1.88 bits per heavy atom. The van der Waals surface area contributed by atoms with Gasteiger partial charge in [0.2, 0.25) is 0 Å². The first kappa shape index (κ1) is 22.0. The van der Waals surface area contributed by atoms with Gasteiger partial charge in [-0.3, -0.25) is 10.1 Å². The van der Waals surface area contributed by atoms with Crippen molar-refractivity contribution < 1.29 is 29.0 Å². The number of carbonyl (C=O) groups excluding carboxylic acids is 1. The molecule has 32 heavy (non-hydrogen) atoms. The van der Waals surface area contributed by atoms with Crippen LogP contribution in [0, 0.1) is 0 Å². The Balaban J connectivity index is 1.67. The molecule has 7 nitrogen and oxygen atoms in total. The first-order valence-electron chi connectivity index (χ1n) is 10.9. The van der Waals surface area contributed by atoms with Crippen molar-refractivity contribution in [3.63, 3.8) is 0 Å². The molecule has 7 heteroatoms. The molecule has 0 atom stereocenters. The molecule has 1 aliphatic heterocycles. The summed E-state index contributed by atoms with van der Waals surface area (Å²) in [4.78, 5) is 15.3. The van der Waals surface area contributed by atoms with Crippen molar-refractivity contribution in [1.29, 1.82) is 0 Å². The fourth-order valence-corrected chi connectivity index (χ4v) is 4.17. The summed E-state index contributed by atoms with van der Waals surface area (Å²) in [7, 11) is 1.51. The van der Waals surface area contributed by atoms with E-state index in [4.69, 9.17) is 14.2 Å². The average Bonchev–Trinajstić information content (AvgIpc) is 3.15. The van der Waals surface area contributed by atoms with Gasteiger partial charge in [-0.25, -0.2) is 4.79 Å². The van der Waals surface area contributed by atoms with Gasteiger partial charge in [0.05, 0.1) is 25.4 Å². The van der Waals surface area contributed by atoms with Crippen molar-refractivity contribution in [2.75, 3.05) is 53.1 Å². The number of nitrogens with zero attached hydrogens (tertiary/aromatic N) is 2. The molecule has 0 aromatic heterocycles. The molecule has 1 N–H and O–H groups in total. The molecular formula is C25H29N2O5+. The molecule has 2 aliphatic rings. The van der Waals surface area contributed by atoms with Crippen molar-refractivity contribution in [2.24, 2.45) is 0 Å². The van der Waals surface area contributed by atoms with E-state index in [0.29, 0.717) is 23.6 Å². The predicted octanol–water partition coefficient (Wildman–Crippen LogP) is 2.60. The zero-order valence-electron chi connectivity index (χ0n) is 18.5. The smallest absolute Gasteiger partial charge is 0.345 e. The van der Waals surface area contributed by atoms with E-state index in [1.54, 1.807) is 6.92 Å². The molecular weight excluding hydrogens is 408 g/mol. The highest BCUT2D eigenvalue weighted by molar-refractivity contribution is 6.35. The van der Waals surface area contributed by atoms with Gasteiger partial charge in [0.25, 0.3) is 5.71 Å². The Bertz CT molecular complexity index is 1040. The normalized spacial score (nSPS) is 17.8. The van der Waals surface area contributed by atoms with Gasteiger partial charge in [0.1, 0.15) is 17.9 Å². The number of esters is 1. The first-order valence-corrected chi connectivity index (χ1v) is 10.9. The van der Waals surface area contributed by atoms with E-state index in [1.807, 2.05) is 48.5 Å². The number of fused-ring (bicyclic) bond motifs is 1. The molecule has 0 spiro atoms. The summed E-state index contributed by atoms with van der Waals surface area (Å²) in [5.41, 5.74) is 3.99. The molecule has 2 aromatic carbocycles. The zero-order chi connectivity index (χ0) is 22.5. The van der Waals surface area contributed by atoms with Crippen LogP contribution in [0.4, 0.5) is 0 Å². The standard InChI is InChI=1S/C25H29N2O5/c1-3-31-25(28)23-22(18-7-5-4-6-8-18)20-10-9-19(17-21(20)24(23)26(2)29)32-16-13-27-11-14-30-15-12-27/h4-10,17,29H,3,11-16H2,1-2H3/q+1. The van der Waals surface area contributed by atoms with Crippen molar-refractivity contribution in [3.05, 3.63) is 70.8 Å². The number of carbonyl (C=O) groups is 1. The van der Waals surface area contributed by atoms with Gasteiger partial charge in [0, 0.05) is 25.2 Å². The fourth-order valence-electron chi connectivity index (χ4n) is 4.17. The maximum absolute atomic E-state index is 13.0. The van der Waals surface area contributed by atoms with Gasteiger partial charge < -0.3 is 14.2 Å². The zero-order valence-corrected chi connectivity index (χ0v) is 18.5. The molecule has 1 heterocycles. The van der Waals surface area contributed by atoms with Crippen molar-refractivity contribution in [3.8, 4) is 5.75 Å². The van der Waals surface area contributed by atoms with Crippen LogP contribution in [0.3, 0.4) is 0 Å². The van der Waals surface area contributed by atoms with E-state index < -0.39 is 5.97 Å². The Hall–Kier alpha value is -3.16. The van der Waals surface area contributed by atoms with Gasteiger partial charge in [-0.05, 0) is 41.0 Å². The van der Waals surface area contributed by atoms with Crippen LogP contribution >= 0.6 is 0 Å².